The van der Waals surface area contributed by atoms with E-state index < -0.39 is 15.0 Å². The molecule has 0 spiro atoms. The van der Waals surface area contributed by atoms with Crippen LogP contribution in [0.5, 0.6) is 5.75 Å². The standard InChI is InChI=1S/C12H15ClO5S/c1-3-4-8(2)18-10-6-5-9(12(14)15)7-11(10)19(13,16)17/h5-8H,3-4H2,1-2H3,(H,14,15). The number of carbonyl (C=O) groups is 1. The van der Waals surface area contributed by atoms with Crippen LogP contribution in [-0.4, -0.2) is 25.6 Å². The Bertz CT molecular complexity index is 567. The van der Waals surface area contributed by atoms with E-state index in [-0.39, 0.29) is 22.3 Å². The topological polar surface area (TPSA) is 80.7 Å². The Kier molecular flexibility index (Phi) is 5.20. The van der Waals surface area contributed by atoms with E-state index in [4.69, 9.17) is 20.5 Å². The van der Waals surface area contributed by atoms with Gasteiger partial charge in [-0.05, 0) is 31.5 Å². The van der Waals surface area contributed by atoms with Crippen molar-refractivity contribution in [2.24, 2.45) is 0 Å². The monoisotopic (exact) mass is 306 g/mol. The molecule has 0 aromatic heterocycles. The fraction of sp³-hybridized carbons (Fsp3) is 0.417. The average Bonchev–Trinajstić information content (AvgIpc) is 2.27. The first-order valence-electron chi connectivity index (χ1n) is 5.74. The van der Waals surface area contributed by atoms with Gasteiger partial charge in [-0.3, -0.25) is 0 Å². The molecular weight excluding hydrogens is 292 g/mol. The number of hydrogen-bond donors (Lipinski definition) is 1. The van der Waals surface area contributed by atoms with Crippen molar-refractivity contribution in [3.8, 4) is 5.75 Å². The molecule has 0 saturated carbocycles. The Labute approximate surface area is 116 Å². The molecule has 106 valence electrons. The van der Waals surface area contributed by atoms with Gasteiger partial charge in [0.1, 0.15) is 10.6 Å². The lowest BCUT2D eigenvalue weighted by molar-refractivity contribution is 0.0696. The summed E-state index contributed by atoms with van der Waals surface area (Å²) in [5.41, 5.74) is -0.158. The molecule has 19 heavy (non-hydrogen) atoms. The van der Waals surface area contributed by atoms with Gasteiger partial charge >= 0.3 is 5.97 Å². The second kappa shape index (κ2) is 6.25. The Morgan fingerprint density at radius 1 is 1.47 bits per heavy atom. The van der Waals surface area contributed by atoms with Crippen molar-refractivity contribution in [1.82, 2.24) is 0 Å². The highest BCUT2D eigenvalue weighted by Crippen LogP contribution is 2.29. The number of carboxylic acid groups (broad SMARTS) is 1. The Balaban J connectivity index is 3.21. The molecule has 1 N–H and O–H groups in total. The molecule has 7 heteroatoms. The molecule has 0 aliphatic carbocycles. The predicted octanol–water partition coefficient (Wildman–Crippen LogP) is 2.88. The molecule has 0 radical (unpaired) electrons. The Morgan fingerprint density at radius 2 is 2.11 bits per heavy atom. The van der Waals surface area contributed by atoms with E-state index in [0.29, 0.717) is 0 Å². The number of rotatable bonds is 6. The van der Waals surface area contributed by atoms with Crippen LogP contribution in [0.15, 0.2) is 23.1 Å². The van der Waals surface area contributed by atoms with E-state index in [0.717, 1.165) is 18.9 Å². The van der Waals surface area contributed by atoms with Crippen LogP contribution in [0.2, 0.25) is 0 Å². The minimum absolute atomic E-state index is 0.0703. The van der Waals surface area contributed by atoms with E-state index in [2.05, 4.69) is 0 Å². The van der Waals surface area contributed by atoms with Crippen LogP contribution in [0.25, 0.3) is 0 Å². The van der Waals surface area contributed by atoms with E-state index in [1.807, 2.05) is 6.92 Å². The molecule has 0 aliphatic rings. The molecule has 0 heterocycles. The van der Waals surface area contributed by atoms with Gasteiger partial charge in [-0.15, -0.1) is 0 Å². The third-order valence-electron chi connectivity index (χ3n) is 2.48. The van der Waals surface area contributed by atoms with E-state index >= 15 is 0 Å². The van der Waals surface area contributed by atoms with Crippen LogP contribution >= 0.6 is 10.7 Å². The van der Waals surface area contributed by atoms with Crippen molar-refractivity contribution in [2.45, 2.75) is 37.7 Å². The molecule has 1 unspecified atom stereocenters. The Hall–Kier alpha value is -1.27. The van der Waals surface area contributed by atoms with Crippen molar-refractivity contribution in [3.05, 3.63) is 23.8 Å². The van der Waals surface area contributed by atoms with E-state index in [1.165, 1.54) is 12.1 Å². The van der Waals surface area contributed by atoms with Gasteiger partial charge in [0, 0.05) is 10.7 Å². The number of ether oxygens (including phenoxy) is 1. The van der Waals surface area contributed by atoms with Crippen molar-refractivity contribution < 1.29 is 23.1 Å². The molecular formula is C12H15ClO5S. The van der Waals surface area contributed by atoms with Gasteiger partial charge in [-0.2, -0.15) is 0 Å². The zero-order chi connectivity index (χ0) is 14.6. The summed E-state index contributed by atoms with van der Waals surface area (Å²) in [6, 6.07) is 3.59. The van der Waals surface area contributed by atoms with Crippen molar-refractivity contribution in [3.63, 3.8) is 0 Å². The fourth-order valence-electron chi connectivity index (χ4n) is 1.61. The average molecular weight is 307 g/mol. The highest BCUT2D eigenvalue weighted by molar-refractivity contribution is 8.13. The first-order valence-corrected chi connectivity index (χ1v) is 8.05. The summed E-state index contributed by atoms with van der Waals surface area (Å²) in [6.45, 7) is 3.78. The maximum atomic E-state index is 11.5. The van der Waals surface area contributed by atoms with Crippen LogP contribution in [0.3, 0.4) is 0 Å². The number of carboxylic acids is 1. The summed E-state index contributed by atoms with van der Waals surface area (Å²) in [5.74, 6) is -1.16. The quantitative estimate of drug-likeness (QED) is 0.817. The van der Waals surface area contributed by atoms with Gasteiger partial charge < -0.3 is 9.84 Å². The summed E-state index contributed by atoms with van der Waals surface area (Å²) in [5, 5.41) is 8.85. The lowest BCUT2D eigenvalue weighted by Crippen LogP contribution is -2.13. The minimum atomic E-state index is -4.07. The molecule has 0 fully saturated rings. The van der Waals surface area contributed by atoms with Gasteiger partial charge in [0.15, 0.2) is 0 Å². The summed E-state index contributed by atoms with van der Waals surface area (Å²) in [7, 11) is 1.23. The van der Waals surface area contributed by atoms with Crippen LogP contribution in [0.4, 0.5) is 0 Å². The highest BCUT2D eigenvalue weighted by Gasteiger charge is 2.20. The number of halogens is 1. The predicted molar refractivity (Wildman–Crippen MR) is 71.4 cm³/mol. The summed E-state index contributed by atoms with van der Waals surface area (Å²) < 4.78 is 28.4. The Morgan fingerprint density at radius 3 is 2.58 bits per heavy atom. The number of benzene rings is 1. The molecule has 0 saturated heterocycles. The van der Waals surface area contributed by atoms with Crippen LogP contribution in [0, 0.1) is 0 Å². The molecule has 1 atom stereocenters. The molecule has 1 rings (SSSR count). The summed E-state index contributed by atoms with van der Waals surface area (Å²) >= 11 is 0. The minimum Gasteiger partial charge on any atom is -0.489 e. The van der Waals surface area contributed by atoms with Crippen molar-refractivity contribution in [2.75, 3.05) is 0 Å². The highest BCUT2D eigenvalue weighted by atomic mass is 35.7. The zero-order valence-corrected chi connectivity index (χ0v) is 12.2. The molecule has 0 amide bonds. The van der Waals surface area contributed by atoms with Gasteiger partial charge in [0.05, 0.1) is 11.7 Å². The maximum Gasteiger partial charge on any atom is 0.335 e. The van der Waals surface area contributed by atoms with Crippen LogP contribution in [0.1, 0.15) is 37.0 Å². The van der Waals surface area contributed by atoms with E-state index in [1.54, 1.807) is 6.92 Å². The SMILES string of the molecule is CCCC(C)Oc1ccc(C(=O)O)cc1S(=O)(=O)Cl. The maximum absolute atomic E-state index is 11.5. The second-order valence-electron chi connectivity index (χ2n) is 4.12. The van der Waals surface area contributed by atoms with Crippen LogP contribution < -0.4 is 4.74 Å². The molecule has 5 nitrogen and oxygen atoms in total. The first-order chi connectivity index (χ1) is 8.75. The molecule has 0 aliphatic heterocycles. The summed E-state index contributed by atoms with van der Waals surface area (Å²) in [4.78, 5) is 10.5. The first kappa shape index (κ1) is 15.8. The van der Waals surface area contributed by atoms with Gasteiger partial charge in [-0.25, -0.2) is 13.2 Å². The van der Waals surface area contributed by atoms with Crippen molar-refractivity contribution in [1.29, 1.82) is 0 Å². The third-order valence-corrected chi connectivity index (χ3v) is 3.82. The second-order valence-corrected chi connectivity index (χ2v) is 6.66. The number of hydrogen-bond acceptors (Lipinski definition) is 4. The third kappa shape index (κ3) is 4.40. The van der Waals surface area contributed by atoms with E-state index in [9.17, 15) is 13.2 Å². The lowest BCUT2D eigenvalue weighted by Gasteiger charge is -2.16. The lowest BCUT2D eigenvalue weighted by atomic mass is 10.2. The fourth-order valence-corrected chi connectivity index (χ4v) is 2.60. The van der Waals surface area contributed by atoms with Gasteiger partial charge in [0.25, 0.3) is 9.05 Å². The normalized spacial score (nSPS) is 13.0. The molecule has 1 aromatic rings. The number of aromatic carboxylic acids is 1. The molecule has 1 aromatic carbocycles. The smallest absolute Gasteiger partial charge is 0.335 e. The largest absolute Gasteiger partial charge is 0.489 e. The van der Waals surface area contributed by atoms with Crippen molar-refractivity contribution >= 4 is 25.7 Å². The van der Waals surface area contributed by atoms with Gasteiger partial charge in [-0.1, -0.05) is 13.3 Å². The van der Waals surface area contributed by atoms with Crippen LogP contribution in [-0.2, 0) is 9.05 Å². The van der Waals surface area contributed by atoms with Gasteiger partial charge in [0.2, 0.25) is 0 Å². The molecule has 0 bridgehead atoms. The zero-order valence-electron chi connectivity index (χ0n) is 10.6. The summed E-state index contributed by atoms with van der Waals surface area (Å²) in [6.07, 6.45) is 1.46.